The molecule has 0 bridgehead atoms. The Balaban J connectivity index is 2.78. The number of hydrogen-bond acceptors (Lipinski definition) is 1. The molecule has 1 aromatic rings. The highest BCUT2D eigenvalue weighted by molar-refractivity contribution is 5.50. The Kier molecular flexibility index (Phi) is 2.91. The van der Waals surface area contributed by atoms with E-state index in [1.165, 1.54) is 12.1 Å². The molecule has 0 N–H and O–H groups in total. The van der Waals surface area contributed by atoms with Gasteiger partial charge in [0, 0.05) is 12.5 Å². The van der Waals surface area contributed by atoms with Gasteiger partial charge in [0.2, 0.25) is 0 Å². The number of benzene rings is 1. The third-order valence-electron chi connectivity index (χ3n) is 1.47. The monoisotopic (exact) mass is 170 g/mol. The predicted molar refractivity (Wildman–Crippen MR) is 40.7 cm³/mol. The van der Waals surface area contributed by atoms with Crippen molar-refractivity contribution in [1.82, 2.24) is 0 Å². The second-order valence-corrected chi connectivity index (χ2v) is 2.48. The summed E-state index contributed by atoms with van der Waals surface area (Å²) in [6.45, 7) is 0. The molecular formula is C9H8F2O. The second kappa shape index (κ2) is 3.95. The first kappa shape index (κ1) is 8.84. The highest BCUT2D eigenvalue weighted by atomic mass is 19.1. The summed E-state index contributed by atoms with van der Waals surface area (Å²) in [5.74, 6) is -1.20. The number of carbonyl (C=O) groups is 1. The first-order valence-electron chi connectivity index (χ1n) is 3.61. The summed E-state index contributed by atoms with van der Waals surface area (Å²) in [4.78, 5) is 9.96. The summed E-state index contributed by atoms with van der Waals surface area (Å²) in [7, 11) is 0. The molecule has 0 amide bonds. The van der Waals surface area contributed by atoms with E-state index in [9.17, 15) is 13.6 Å². The molecule has 0 aliphatic rings. The van der Waals surface area contributed by atoms with Gasteiger partial charge in [0.25, 0.3) is 0 Å². The van der Waals surface area contributed by atoms with Gasteiger partial charge in [0.05, 0.1) is 0 Å². The van der Waals surface area contributed by atoms with Gasteiger partial charge in [-0.15, -0.1) is 0 Å². The van der Waals surface area contributed by atoms with Crippen molar-refractivity contribution in [2.45, 2.75) is 12.8 Å². The largest absolute Gasteiger partial charge is 0.303 e. The third-order valence-corrected chi connectivity index (χ3v) is 1.47. The van der Waals surface area contributed by atoms with E-state index in [-0.39, 0.29) is 0 Å². The van der Waals surface area contributed by atoms with E-state index in [0.717, 1.165) is 12.4 Å². The molecule has 0 unspecified atom stereocenters. The SMILES string of the molecule is O=CCCc1cc(F)cc(F)c1. The number of hydrogen-bond donors (Lipinski definition) is 0. The lowest BCUT2D eigenvalue weighted by Crippen LogP contribution is -1.89. The minimum Gasteiger partial charge on any atom is -0.303 e. The summed E-state index contributed by atoms with van der Waals surface area (Å²) < 4.78 is 25.1. The Bertz CT molecular complexity index is 264. The van der Waals surface area contributed by atoms with Crippen molar-refractivity contribution in [2.24, 2.45) is 0 Å². The first-order valence-corrected chi connectivity index (χ1v) is 3.61. The first-order chi connectivity index (χ1) is 5.72. The molecule has 0 aliphatic carbocycles. The van der Waals surface area contributed by atoms with Crippen molar-refractivity contribution < 1.29 is 13.6 Å². The van der Waals surface area contributed by atoms with Gasteiger partial charge < -0.3 is 4.79 Å². The van der Waals surface area contributed by atoms with Crippen LogP contribution in [0.15, 0.2) is 18.2 Å². The molecule has 3 heteroatoms. The van der Waals surface area contributed by atoms with Crippen molar-refractivity contribution >= 4 is 6.29 Å². The van der Waals surface area contributed by atoms with Crippen molar-refractivity contribution in [3.8, 4) is 0 Å². The highest BCUT2D eigenvalue weighted by Crippen LogP contribution is 2.09. The van der Waals surface area contributed by atoms with Gasteiger partial charge >= 0.3 is 0 Å². The Morgan fingerprint density at radius 2 is 1.75 bits per heavy atom. The van der Waals surface area contributed by atoms with Crippen LogP contribution in [0, 0.1) is 11.6 Å². The van der Waals surface area contributed by atoms with Crippen LogP contribution >= 0.6 is 0 Å². The number of aldehydes is 1. The number of carbonyl (C=O) groups excluding carboxylic acids is 1. The molecule has 1 rings (SSSR count). The zero-order valence-electron chi connectivity index (χ0n) is 6.39. The second-order valence-electron chi connectivity index (χ2n) is 2.48. The minimum absolute atomic E-state index is 0.295. The number of halogens is 2. The Hall–Kier alpha value is -1.25. The van der Waals surface area contributed by atoms with Crippen molar-refractivity contribution in [3.63, 3.8) is 0 Å². The lowest BCUT2D eigenvalue weighted by molar-refractivity contribution is -0.107. The quantitative estimate of drug-likeness (QED) is 0.635. The van der Waals surface area contributed by atoms with Crippen LogP contribution in [0.5, 0.6) is 0 Å². The van der Waals surface area contributed by atoms with E-state index in [0.29, 0.717) is 18.4 Å². The molecule has 0 atom stereocenters. The van der Waals surface area contributed by atoms with Crippen LogP contribution in [0.25, 0.3) is 0 Å². The lowest BCUT2D eigenvalue weighted by atomic mass is 10.1. The normalized spacial score (nSPS) is 9.83. The maximum Gasteiger partial charge on any atom is 0.126 e. The molecule has 0 spiro atoms. The van der Waals surface area contributed by atoms with E-state index in [4.69, 9.17) is 0 Å². The van der Waals surface area contributed by atoms with Crippen LogP contribution in [0.2, 0.25) is 0 Å². The fraction of sp³-hybridized carbons (Fsp3) is 0.222. The van der Waals surface area contributed by atoms with Gasteiger partial charge in [-0.05, 0) is 24.1 Å². The fourth-order valence-electron chi connectivity index (χ4n) is 0.981. The maximum absolute atomic E-state index is 12.5. The van der Waals surface area contributed by atoms with Crippen molar-refractivity contribution in [2.75, 3.05) is 0 Å². The Morgan fingerprint density at radius 3 is 2.25 bits per heavy atom. The lowest BCUT2D eigenvalue weighted by Gasteiger charge is -1.97. The van der Waals surface area contributed by atoms with Gasteiger partial charge in [-0.3, -0.25) is 0 Å². The van der Waals surface area contributed by atoms with Crippen LogP contribution in [0.3, 0.4) is 0 Å². The van der Waals surface area contributed by atoms with E-state index in [1.807, 2.05) is 0 Å². The average Bonchev–Trinajstić information content (AvgIpc) is 1.99. The van der Waals surface area contributed by atoms with Gasteiger partial charge in [-0.25, -0.2) is 8.78 Å². The molecule has 64 valence electrons. The predicted octanol–water partition coefficient (Wildman–Crippen LogP) is 2.10. The van der Waals surface area contributed by atoms with Crippen molar-refractivity contribution in [3.05, 3.63) is 35.4 Å². The smallest absolute Gasteiger partial charge is 0.126 e. The highest BCUT2D eigenvalue weighted by Gasteiger charge is 1.99. The third kappa shape index (κ3) is 2.42. The van der Waals surface area contributed by atoms with Crippen LogP contribution in [0.4, 0.5) is 8.78 Å². The molecule has 0 saturated heterocycles. The number of aryl methyl sites for hydroxylation is 1. The molecule has 0 radical (unpaired) electrons. The average molecular weight is 170 g/mol. The number of rotatable bonds is 3. The Morgan fingerprint density at radius 1 is 1.17 bits per heavy atom. The molecule has 1 aromatic carbocycles. The topological polar surface area (TPSA) is 17.1 Å². The van der Waals surface area contributed by atoms with E-state index < -0.39 is 11.6 Å². The summed E-state index contributed by atoms with van der Waals surface area (Å²) >= 11 is 0. The van der Waals surface area contributed by atoms with Gasteiger partial charge in [0.15, 0.2) is 0 Å². The Labute approximate surface area is 69.0 Å². The van der Waals surface area contributed by atoms with Gasteiger partial charge in [0.1, 0.15) is 17.9 Å². The zero-order valence-corrected chi connectivity index (χ0v) is 6.39. The maximum atomic E-state index is 12.5. The molecule has 0 aromatic heterocycles. The standard InChI is InChI=1S/C9H8F2O/c10-8-4-7(2-1-3-12)5-9(11)6-8/h3-6H,1-2H2. The van der Waals surface area contributed by atoms with E-state index in [1.54, 1.807) is 0 Å². The van der Waals surface area contributed by atoms with Crippen LogP contribution < -0.4 is 0 Å². The van der Waals surface area contributed by atoms with Gasteiger partial charge in [-0.1, -0.05) is 0 Å². The van der Waals surface area contributed by atoms with Crippen LogP contribution in [0.1, 0.15) is 12.0 Å². The minimum atomic E-state index is -0.601. The molecule has 0 aliphatic heterocycles. The van der Waals surface area contributed by atoms with Gasteiger partial charge in [-0.2, -0.15) is 0 Å². The molecular weight excluding hydrogens is 162 g/mol. The van der Waals surface area contributed by atoms with E-state index in [2.05, 4.69) is 0 Å². The molecule has 12 heavy (non-hydrogen) atoms. The zero-order chi connectivity index (χ0) is 8.97. The molecule has 1 nitrogen and oxygen atoms in total. The molecule has 0 fully saturated rings. The summed E-state index contributed by atoms with van der Waals surface area (Å²) in [5.41, 5.74) is 0.514. The molecule has 0 saturated carbocycles. The van der Waals surface area contributed by atoms with E-state index >= 15 is 0 Å². The van der Waals surface area contributed by atoms with Crippen LogP contribution in [-0.2, 0) is 11.2 Å². The summed E-state index contributed by atoms with van der Waals surface area (Å²) in [5, 5.41) is 0. The van der Waals surface area contributed by atoms with Crippen molar-refractivity contribution in [1.29, 1.82) is 0 Å². The summed E-state index contributed by atoms with van der Waals surface area (Å²) in [6.07, 6.45) is 1.41. The fourth-order valence-corrected chi connectivity index (χ4v) is 0.981. The molecule has 0 heterocycles. The van der Waals surface area contributed by atoms with Crippen LogP contribution in [-0.4, -0.2) is 6.29 Å². The summed E-state index contributed by atoms with van der Waals surface area (Å²) in [6, 6.07) is 3.27.